The largest absolute Gasteiger partial charge is 0.356 e. The molecule has 98 valence electrons. The lowest BCUT2D eigenvalue weighted by Crippen LogP contribution is -2.43. The first-order valence-electron chi connectivity index (χ1n) is 6.23. The minimum absolute atomic E-state index is 0.149. The molecule has 0 aromatic carbocycles. The molecule has 0 aromatic rings. The van der Waals surface area contributed by atoms with Crippen molar-refractivity contribution in [2.24, 2.45) is 5.73 Å². The van der Waals surface area contributed by atoms with Gasteiger partial charge in [-0.2, -0.15) is 0 Å². The Kier molecular flexibility index (Phi) is 9.92. The van der Waals surface area contributed by atoms with Gasteiger partial charge in [0.2, 0.25) is 0 Å². The van der Waals surface area contributed by atoms with Gasteiger partial charge < -0.3 is 15.2 Å². The second-order valence-electron chi connectivity index (χ2n) is 4.01. The Morgan fingerprint density at radius 1 is 1.19 bits per heavy atom. The zero-order valence-corrected chi connectivity index (χ0v) is 11.2. The van der Waals surface area contributed by atoms with Crippen molar-refractivity contribution in [3.05, 3.63) is 0 Å². The summed E-state index contributed by atoms with van der Waals surface area (Å²) in [6.45, 7) is 7.17. The van der Waals surface area contributed by atoms with Crippen LogP contribution in [0.2, 0.25) is 0 Å². The molecule has 0 spiro atoms. The van der Waals surface area contributed by atoms with Crippen LogP contribution in [0.3, 0.4) is 0 Å². The van der Waals surface area contributed by atoms with Gasteiger partial charge in [0, 0.05) is 33.2 Å². The fraction of sp³-hybridized carbons (Fsp3) is 1.00. The lowest BCUT2D eigenvalue weighted by atomic mass is 10.1. The molecule has 1 atom stereocenters. The van der Waals surface area contributed by atoms with Crippen molar-refractivity contribution < 1.29 is 9.47 Å². The molecule has 0 saturated heterocycles. The highest BCUT2D eigenvalue weighted by molar-refractivity contribution is 4.73. The minimum Gasteiger partial charge on any atom is -0.356 e. The van der Waals surface area contributed by atoms with Crippen molar-refractivity contribution in [3.63, 3.8) is 0 Å². The van der Waals surface area contributed by atoms with E-state index in [4.69, 9.17) is 15.2 Å². The first-order chi connectivity index (χ1) is 7.73. The predicted molar refractivity (Wildman–Crippen MR) is 67.4 cm³/mol. The fourth-order valence-electron chi connectivity index (χ4n) is 1.87. The Bertz CT molecular complexity index is 152. The Morgan fingerprint density at radius 2 is 1.81 bits per heavy atom. The quantitative estimate of drug-likeness (QED) is 0.579. The fourth-order valence-corrected chi connectivity index (χ4v) is 1.87. The van der Waals surface area contributed by atoms with Crippen LogP contribution in [-0.4, -0.2) is 51.1 Å². The molecular formula is C12H28N2O2. The van der Waals surface area contributed by atoms with E-state index in [0.717, 1.165) is 19.5 Å². The van der Waals surface area contributed by atoms with E-state index in [9.17, 15) is 0 Å². The molecule has 4 heteroatoms. The monoisotopic (exact) mass is 232 g/mol. The van der Waals surface area contributed by atoms with Crippen molar-refractivity contribution >= 4 is 0 Å². The molecular weight excluding hydrogens is 204 g/mol. The zero-order chi connectivity index (χ0) is 12.4. The molecule has 0 saturated carbocycles. The Hall–Kier alpha value is -0.160. The molecule has 0 amide bonds. The van der Waals surface area contributed by atoms with Crippen molar-refractivity contribution in [3.8, 4) is 0 Å². The Balaban J connectivity index is 4.19. The van der Waals surface area contributed by atoms with Crippen LogP contribution in [0, 0.1) is 0 Å². The summed E-state index contributed by atoms with van der Waals surface area (Å²) in [6.07, 6.45) is 3.12. The van der Waals surface area contributed by atoms with Gasteiger partial charge in [0.1, 0.15) is 0 Å². The number of nitrogens with zero attached hydrogens (tertiary/aromatic N) is 1. The normalized spacial score (nSPS) is 13.7. The van der Waals surface area contributed by atoms with Crippen molar-refractivity contribution in [1.29, 1.82) is 0 Å². The van der Waals surface area contributed by atoms with Gasteiger partial charge in [0.25, 0.3) is 0 Å². The van der Waals surface area contributed by atoms with Crippen LogP contribution in [-0.2, 0) is 9.47 Å². The molecule has 0 fully saturated rings. The number of unbranched alkanes of at least 4 members (excludes halogenated alkanes) is 1. The zero-order valence-electron chi connectivity index (χ0n) is 11.2. The molecule has 0 rings (SSSR count). The second-order valence-corrected chi connectivity index (χ2v) is 4.01. The van der Waals surface area contributed by atoms with Crippen LogP contribution >= 0.6 is 0 Å². The van der Waals surface area contributed by atoms with Crippen molar-refractivity contribution in [2.45, 2.75) is 45.4 Å². The van der Waals surface area contributed by atoms with Gasteiger partial charge in [-0.25, -0.2) is 0 Å². The van der Waals surface area contributed by atoms with Gasteiger partial charge in [-0.3, -0.25) is 4.90 Å². The number of rotatable bonds is 10. The van der Waals surface area contributed by atoms with Crippen LogP contribution < -0.4 is 5.73 Å². The predicted octanol–water partition coefficient (Wildman–Crippen LogP) is 1.44. The summed E-state index contributed by atoms with van der Waals surface area (Å²) >= 11 is 0. The van der Waals surface area contributed by atoms with E-state index in [1.165, 1.54) is 12.8 Å². The van der Waals surface area contributed by atoms with E-state index >= 15 is 0 Å². The molecule has 16 heavy (non-hydrogen) atoms. The average Bonchev–Trinajstić information content (AvgIpc) is 2.33. The van der Waals surface area contributed by atoms with Gasteiger partial charge >= 0.3 is 0 Å². The highest BCUT2D eigenvalue weighted by Gasteiger charge is 2.19. The van der Waals surface area contributed by atoms with E-state index < -0.39 is 0 Å². The summed E-state index contributed by atoms with van der Waals surface area (Å²) < 4.78 is 10.5. The average molecular weight is 232 g/mol. The Morgan fingerprint density at radius 3 is 2.19 bits per heavy atom. The van der Waals surface area contributed by atoms with Gasteiger partial charge in [-0.1, -0.05) is 20.3 Å². The van der Waals surface area contributed by atoms with Gasteiger partial charge in [0.15, 0.2) is 6.29 Å². The molecule has 0 bridgehead atoms. The molecule has 0 aliphatic rings. The van der Waals surface area contributed by atoms with Crippen molar-refractivity contribution in [1.82, 2.24) is 4.90 Å². The van der Waals surface area contributed by atoms with Crippen LogP contribution in [0.1, 0.15) is 33.1 Å². The number of nitrogens with two attached hydrogens (primary N) is 1. The van der Waals surface area contributed by atoms with E-state index in [0.29, 0.717) is 12.6 Å². The third-order valence-electron chi connectivity index (χ3n) is 2.98. The number of hydrogen-bond acceptors (Lipinski definition) is 4. The maximum Gasteiger partial charge on any atom is 0.158 e. The van der Waals surface area contributed by atoms with E-state index in [-0.39, 0.29) is 6.29 Å². The standard InChI is InChI=1S/C12H28N2O2/c1-5-7-8-14(6-2)11(10-13)9-12(15-3)16-4/h11-12H,5-10,13H2,1-4H3. The lowest BCUT2D eigenvalue weighted by molar-refractivity contribution is -0.116. The topological polar surface area (TPSA) is 47.7 Å². The van der Waals surface area contributed by atoms with E-state index in [2.05, 4.69) is 18.7 Å². The molecule has 0 aliphatic heterocycles. The van der Waals surface area contributed by atoms with Gasteiger partial charge in [0.05, 0.1) is 0 Å². The van der Waals surface area contributed by atoms with Crippen LogP contribution in [0.25, 0.3) is 0 Å². The molecule has 4 nitrogen and oxygen atoms in total. The summed E-state index contributed by atoms with van der Waals surface area (Å²) in [5.41, 5.74) is 5.83. The molecule has 1 unspecified atom stereocenters. The third kappa shape index (κ3) is 5.80. The lowest BCUT2D eigenvalue weighted by Gasteiger charge is -2.31. The summed E-state index contributed by atoms with van der Waals surface area (Å²) in [5.74, 6) is 0. The van der Waals surface area contributed by atoms with Crippen molar-refractivity contribution in [2.75, 3.05) is 33.9 Å². The highest BCUT2D eigenvalue weighted by atomic mass is 16.7. The summed E-state index contributed by atoms with van der Waals surface area (Å²) in [7, 11) is 3.34. The highest BCUT2D eigenvalue weighted by Crippen LogP contribution is 2.10. The smallest absolute Gasteiger partial charge is 0.158 e. The summed E-state index contributed by atoms with van der Waals surface area (Å²) in [5, 5.41) is 0. The molecule has 0 aliphatic carbocycles. The number of ether oxygens (including phenoxy) is 2. The van der Waals surface area contributed by atoms with Crippen LogP contribution in [0.5, 0.6) is 0 Å². The first-order valence-corrected chi connectivity index (χ1v) is 6.23. The Labute approximate surface area is 100 Å². The SMILES string of the molecule is CCCCN(CC)C(CN)CC(OC)OC. The second kappa shape index (κ2) is 10.0. The molecule has 0 heterocycles. The number of methoxy groups -OCH3 is 2. The van der Waals surface area contributed by atoms with Gasteiger partial charge in [-0.05, 0) is 19.5 Å². The minimum atomic E-state index is -0.149. The molecule has 0 radical (unpaired) electrons. The van der Waals surface area contributed by atoms with Crippen LogP contribution in [0.4, 0.5) is 0 Å². The number of likely N-dealkylation sites (N-methyl/N-ethyl adjacent to an activating group) is 1. The maximum atomic E-state index is 5.83. The van der Waals surface area contributed by atoms with E-state index in [1.807, 2.05) is 0 Å². The molecule has 0 aromatic heterocycles. The molecule has 2 N–H and O–H groups in total. The number of hydrogen-bond donors (Lipinski definition) is 1. The van der Waals surface area contributed by atoms with Crippen LogP contribution in [0.15, 0.2) is 0 Å². The third-order valence-corrected chi connectivity index (χ3v) is 2.98. The van der Waals surface area contributed by atoms with E-state index in [1.54, 1.807) is 14.2 Å². The first kappa shape index (κ1) is 15.8. The summed E-state index contributed by atoms with van der Waals surface area (Å²) in [6, 6.07) is 0.349. The summed E-state index contributed by atoms with van der Waals surface area (Å²) in [4.78, 5) is 2.41. The maximum absolute atomic E-state index is 5.83. The van der Waals surface area contributed by atoms with Gasteiger partial charge in [-0.15, -0.1) is 0 Å².